The van der Waals surface area contributed by atoms with Crippen molar-refractivity contribution in [3.05, 3.63) is 0 Å². The summed E-state index contributed by atoms with van der Waals surface area (Å²) in [5, 5.41) is 2.64. The monoisotopic (exact) mass is 309 g/mol. The van der Waals surface area contributed by atoms with Gasteiger partial charge in [0.15, 0.2) is 0 Å². The Kier molecular flexibility index (Phi) is 7.16. The standard InChI is InChI=1S/C17H31N3O2/c1-18-16(21)14-19-10-12-20(13-11-19)17(22)9-5-8-15-6-3-2-4-7-15/h15H,2-14H2,1H3,(H,18,21). The first kappa shape index (κ1) is 17.3. The third-order valence-corrected chi connectivity index (χ3v) is 5.10. The zero-order chi connectivity index (χ0) is 15.8. The Morgan fingerprint density at radius 2 is 1.73 bits per heavy atom. The lowest BCUT2D eigenvalue weighted by Gasteiger charge is -2.34. The Morgan fingerprint density at radius 3 is 2.36 bits per heavy atom. The summed E-state index contributed by atoms with van der Waals surface area (Å²) >= 11 is 0. The van der Waals surface area contributed by atoms with Crippen LogP contribution in [0.15, 0.2) is 0 Å². The minimum Gasteiger partial charge on any atom is -0.358 e. The van der Waals surface area contributed by atoms with Crippen molar-refractivity contribution in [1.29, 1.82) is 0 Å². The molecule has 22 heavy (non-hydrogen) atoms. The van der Waals surface area contributed by atoms with E-state index in [-0.39, 0.29) is 5.91 Å². The van der Waals surface area contributed by atoms with E-state index in [1.165, 1.54) is 38.5 Å². The number of carbonyl (C=O) groups is 2. The minimum absolute atomic E-state index is 0.0484. The van der Waals surface area contributed by atoms with Crippen LogP contribution in [-0.2, 0) is 9.59 Å². The second kappa shape index (κ2) is 9.13. The molecule has 0 aromatic heterocycles. The molecule has 1 aliphatic heterocycles. The lowest BCUT2D eigenvalue weighted by Crippen LogP contribution is -2.50. The van der Waals surface area contributed by atoms with Crippen LogP contribution >= 0.6 is 0 Å². The Bertz CT molecular complexity index is 359. The van der Waals surface area contributed by atoms with E-state index in [0.717, 1.165) is 38.5 Å². The highest BCUT2D eigenvalue weighted by atomic mass is 16.2. The van der Waals surface area contributed by atoms with Crippen molar-refractivity contribution in [1.82, 2.24) is 15.1 Å². The first-order valence-electron chi connectivity index (χ1n) is 8.89. The zero-order valence-corrected chi connectivity index (χ0v) is 14.0. The Morgan fingerprint density at radius 1 is 1.05 bits per heavy atom. The molecule has 1 aliphatic carbocycles. The van der Waals surface area contributed by atoms with Gasteiger partial charge in [0.25, 0.3) is 0 Å². The largest absolute Gasteiger partial charge is 0.358 e. The van der Waals surface area contributed by atoms with Crippen LogP contribution < -0.4 is 5.32 Å². The van der Waals surface area contributed by atoms with E-state index in [2.05, 4.69) is 10.2 Å². The lowest BCUT2D eigenvalue weighted by atomic mass is 9.86. The molecule has 2 fully saturated rings. The predicted molar refractivity (Wildman–Crippen MR) is 87.5 cm³/mol. The van der Waals surface area contributed by atoms with Gasteiger partial charge in [-0.15, -0.1) is 0 Å². The maximum Gasteiger partial charge on any atom is 0.233 e. The molecule has 0 radical (unpaired) electrons. The number of hydrogen-bond acceptors (Lipinski definition) is 3. The van der Waals surface area contributed by atoms with E-state index in [0.29, 0.717) is 18.9 Å². The van der Waals surface area contributed by atoms with Crippen molar-refractivity contribution in [2.24, 2.45) is 5.92 Å². The number of carbonyl (C=O) groups excluding carboxylic acids is 2. The van der Waals surface area contributed by atoms with Crippen LogP contribution in [-0.4, -0.2) is 61.4 Å². The molecule has 0 aromatic rings. The molecule has 2 aliphatic rings. The first-order chi connectivity index (χ1) is 10.7. The quantitative estimate of drug-likeness (QED) is 0.811. The maximum atomic E-state index is 12.3. The summed E-state index contributed by atoms with van der Waals surface area (Å²) in [6, 6.07) is 0. The number of piperazine rings is 1. The second-order valence-corrected chi connectivity index (χ2v) is 6.73. The van der Waals surface area contributed by atoms with Gasteiger partial charge in [-0.25, -0.2) is 0 Å². The highest BCUT2D eigenvalue weighted by Crippen LogP contribution is 2.27. The molecule has 2 rings (SSSR count). The summed E-state index contributed by atoms with van der Waals surface area (Å²) in [4.78, 5) is 27.7. The molecule has 0 aromatic carbocycles. The van der Waals surface area contributed by atoms with Crippen LogP contribution in [0.3, 0.4) is 0 Å². The van der Waals surface area contributed by atoms with Crippen molar-refractivity contribution in [2.45, 2.75) is 51.4 Å². The molecule has 0 unspecified atom stereocenters. The lowest BCUT2D eigenvalue weighted by molar-refractivity contribution is -0.133. The molecular weight excluding hydrogens is 278 g/mol. The number of rotatable bonds is 6. The summed E-state index contributed by atoms with van der Waals surface area (Å²) in [7, 11) is 1.66. The zero-order valence-electron chi connectivity index (χ0n) is 14.0. The van der Waals surface area contributed by atoms with Crippen LogP contribution in [0.5, 0.6) is 0 Å². The molecule has 1 saturated heterocycles. The van der Waals surface area contributed by atoms with E-state index in [9.17, 15) is 9.59 Å². The fourth-order valence-corrected chi connectivity index (χ4v) is 3.61. The van der Waals surface area contributed by atoms with Gasteiger partial charge in [-0.1, -0.05) is 32.1 Å². The predicted octanol–water partition coefficient (Wildman–Crippen LogP) is 1.63. The van der Waals surface area contributed by atoms with E-state index >= 15 is 0 Å². The third-order valence-electron chi connectivity index (χ3n) is 5.10. The second-order valence-electron chi connectivity index (χ2n) is 6.73. The van der Waals surface area contributed by atoms with Gasteiger partial charge in [-0.3, -0.25) is 14.5 Å². The number of likely N-dealkylation sites (N-methyl/N-ethyl adjacent to an activating group) is 1. The van der Waals surface area contributed by atoms with Crippen LogP contribution in [0.2, 0.25) is 0 Å². The van der Waals surface area contributed by atoms with Crippen molar-refractivity contribution >= 4 is 11.8 Å². The fraction of sp³-hybridized carbons (Fsp3) is 0.882. The minimum atomic E-state index is 0.0484. The summed E-state index contributed by atoms with van der Waals surface area (Å²) in [6.07, 6.45) is 9.86. The third kappa shape index (κ3) is 5.59. The molecule has 0 spiro atoms. The van der Waals surface area contributed by atoms with Crippen molar-refractivity contribution in [3.8, 4) is 0 Å². The van der Waals surface area contributed by atoms with Gasteiger partial charge in [0.2, 0.25) is 11.8 Å². The fourth-order valence-electron chi connectivity index (χ4n) is 3.61. The van der Waals surface area contributed by atoms with Gasteiger partial charge in [-0.05, 0) is 18.8 Å². The smallest absolute Gasteiger partial charge is 0.233 e. The van der Waals surface area contributed by atoms with Gasteiger partial charge in [0.1, 0.15) is 0 Å². The molecule has 1 saturated carbocycles. The van der Waals surface area contributed by atoms with Crippen molar-refractivity contribution in [3.63, 3.8) is 0 Å². The summed E-state index contributed by atoms with van der Waals surface area (Å²) in [5.74, 6) is 1.22. The molecule has 0 atom stereocenters. The van der Waals surface area contributed by atoms with E-state index < -0.39 is 0 Å². The Balaban J connectivity index is 1.59. The van der Waals surface area contributed by atoms with Crippen molar-refractivity contribution < 1.29 is 9.59 Å². The Labute approximate surface area is 134 Å². The highest BCUT2D eigenvalue weighted by molar-refractivity contribution is 5.78. The van der Waals surface area contributed by atoms with Gasteiger partial charge in [0, 0.05) is 39.6 Å². The molecule has 5 nitrogen and oxygen atoms in total. The topological polar surface area (TPSA) is 52.7 Å². The van der Waals surface area contributed by atoms with Gasteiger partial charge >= 0.3 is 0 Å². The maximum absolute atomic E-state index is 12.3. The van der Waals surface area contributed by atoms with Crippen LogP contribution in [0, 0.1) is 5.92 Å². The average molecular weight is 309 g/mol. The molecule has 1 N–H and O–H groups in total. The number of nitrogens with one attached hydrogen (secondary N) is 1. The average Bonchev–Trinajstić information content (AvgIpc) is 2.56. The first-order valence-corrected chi connectivity index (χ1v) is 8.89. The Hall–Kier alpha value is -1.10. The van der Waals surface area contributed by atoms with Gasteiger partial charge in [0.05, 0.1) is 6.54 Å². The molecule has 5 heteroatoms. The summed E-state index contributed by atoms with van der Waals surface area (Å²) in [6.45, 7) is 3.59. The molecular formula is C17H31N3O2. The van der Waals surface area contributed by atoms with E-state index in [4.69, 9.17) is 0 Å². The highest BCUT2D eigenvalue weighted by Gasteiger charge is 2.22. The van der Waals surface area contributed by atoms with Crippen LogP contribution in [0.4, 0.5) is 0 Å². The molecule has 0 bridgehead atoms. The van der Waals surface area contributed by atoms with Gasteiger partial charge < -0.3 is 10.2 Å². The normalized spacial score (nSPS) is 20.9. The SMILES string of the molecule is CNC(=O)CN1CCN(C(=O)CCCC2CCCCC2)CC1. The molecule has 1 heterocycles. The van der Waals surface area contributed by atoms with E-state index in [1.807, 2.05) is 4.90 Å². The summed E-state index contributed by atoms with van der Waals surface area (Å²) in [5.41, 5.74) is 0. The van der Waals surface area contributed by atoms with Gasteiger partial charge in [-0.2, -0.15) is 0 Å². The van der Waals surface area contributed by atoms with Crippen LogP contribution in [0.1, 0.15) is 51.4 Å². The van der Waals surface area contributed by atoms with E-state index in [1.54, 1.807) is 7.05 Å². The molecule has 126 valence electrons. The van der Waals surface area contributed by atoms with Crippen LogP contribution in [0.25, 0.3) is 0 Å². The number of nitrogens with zero attached hydrogens (tertiary/aromatic N) is 2. The summed E-state index contributed by atoms with van der Waals surface area (Å²) < 4.78 is 0. The van der Waals surface area contributed by atoms with Crippen molar-refractivity contribution in [2.75, 3.05) is 39.8 Å². The number of amides is 2. The molecule has 2 amide bonds. The number of hydrogen-bond donors (Lipinski definition) is 1.